The molecule has 0 aromatic heterocycles. The predicted molar refractivity (Wildman–Crippen MR) is 67.6 cm³/mol. The summed E-state index contributed by atoms with van der Waals surface area (Å²) >= 11 is 0. The van der Waals surface area contributed by atoms with E-state index in [0.29, 0.717) is 4.31 Å². The second-order valence-corrected chi connectivity index (χ2v) is 5.99. The first-order valence-corrected chi connectivity index (χ1v) is 7.26. The van der Waals surface area contributed by atoms with Crippen molar-refractivity contribution >= 4 is 21.8 Å². The quantitative estimate of drug-likeness (QED) is 0.853. The van der Waals surface area contributed by atoms with Crippen molar-refractivity contribution < 1.29 is 18.0 Å². The Labute approximate surface area is 111 Å². The van der Waals surface area contributed by atoms with E-state index < -0.39 is 27.9 Å². The van der Waals surface area contributed by atoms with Crippen LogP contribution in [-0.4, -0.2) is 37.6 Å². The second kappa shape index (κ2) is 5.00. The summed E-state index contributed by atoms with van der Waals surface area (Å²) in [6.45, 7) is 0. The molecule has 2 rings (SSSR count). The molecular weight excluding hydrogens is 268 g/mol. The molecule has 1 aliphatic heterocycles. The summed E-state index contributed by atoms with van der Waals surface area (Å²) in [5, 5.41) is 2.38. The lowest BCUT2D eigenvalue weighted by Gasteiger charge is -2.23. The van der Waals surface area contributed by atoms with E-state index in [1.54, 1.807) is 18.2 Å². The lowest BCUT2D eigenvalue weighted by Crippen LogP contribution is -2.46. The van der Waals surface area contributed by atoms with Crippen molar-refractivity contribution in [2.45, 2.75) is 23.8 Å². The molecule has 0 unspecified atom stereocenters. The maximum atomic E-state index is 12.4. The molecule has 7 heteroatoms. The summed E-state index contributed by atoms with van der Waals surface area (Å²) in [5.41, 5.74) is 0. The monoisotopic (exact) mass is 282 g/mol. The van der Waals surface area contributed by atoms with Gasteiger partial charge >= 0.3 is 0 Å². The number of nitrogens with one attached hydrogen (secondary N) is 1. The average Bonchev–Trinajstić information content (AvgIpc) is 2.81. The summed E-state index contributed by atoms with van der Waals surface area (Å²) in [5.74, 6) is -1.01. The van der Waals surface area contributed by atoms with Gasteiger partial charge in [0.05, 0.1) is 4.90 Å². The highest BCUT2D eigenvalue weighted by Crippen LogP contribution is 2.27. The van der Waals surface area contributed by atoms with Gasteiger partial charge in [0.15, 0.2) is 0 Å². The molecule has 2 amide bonds. The highest BCUT2D eigenvalue weighted by molar-refractivity contribution is 7.89. The topological polar surface area (TPSA) is 83.6 Å². The van der Waals surface area contributed by atoms with E-state index in [1.807, 2.05) is 0 Å². The van der Waals surface area contributed by atoms with Crippen LogP contribution in [-0.2, 0) is 19.6 Å². The van der Waals surface area contributed by atoms with Crippen LogP contribution in [0.15, 0.2) is 35.2 Å². The van der Waals surface area contributed by atoms with Crippen LogP contribution in [0.5, 0.6) is 0 Å². The van der Waals surface area contributed by atoms with Crippen LogP contribution in [0.4, 0.5) is 0 Å². The van der Waals surface area contributed by atoms with Crippen molar-refractivity contribution in [2.24, 2.45) is 0 Å². The van der Waals surface area contributed by atoms with Gasteiger partial charge < -0.3 is 5.32 Å². The highest BCUT2D eigenvalue weighted by Gasteiger charge is 2.43. The molecule has 1 heterocycles. The van der Waals surface area contributed by atoms with Crippen molar-refractivity contribution in [1.82, 2.24) is 9.62 Å². The second-order valence-electron chi connectivity index (χ2n) is 4.18. The van der Waals surface area contributed by atoms with E-state index in [9.17, 15) is 18.0 Å². The minimum absolute atomic E-state index is 0.0131. The Morgan fingerprint density at radius 3 is 2.53 bits per heavy atom. The van der Waals surface area contributed by atoms with Gasteiger partial charge in [-0.2, -0.15) is 0 Å². The first-order chi connectivity index (χ1) is 8.98. The maximum absolute atomic E-state index is 12.4. The number of hydrogen-bond acceptors (Lipinski definition) is 4. The van der Waals surface area contributed by atoms with Crippen molar-refractivity contribution in [2.75, 3.05) is 7.05 Å². The van der Waals surface area contributed by atoms with Crippen LogP contribution in [0, 0.1) is 0 Å². The highest BCUT2D eigenvalue weighted by atomic mass is 32.2. The molecule has 1 aromatic rings. The molecule has 0 bridgehead atoms. The molecule has 1 aromatic carbocycles. The largest absolute Gasteiger partial charge is 0.357 e. The molecule has 0 spiro atoms. The summed E-state index contributed by atoms with van der Waals surface area (Å²) in [7, 11) is -2.55. The SMILES string of the molecule is CNC(=O)[C@@H]1CCC(=O)N1S(=O)(=O)c1ccccc1. The van der Waals surface area contributed by atoms with Crippen LogP contribution in [0.1, 0.15) is 12.8 Å². The Balaban J connectivity index is 2.43. The van der Waals surface area contributed by atoms with Gasteiger partial charge in [-0.15, -0.1) is 0 Å². The van der Waals surface area contributed by atoms with Crippen molar-refractivity contribution in [3.8, 4) is 0 Å². The van der Waals surface area contributed by atoms with Gasteiger partial charge in [0.2, 0.25) is 11.8 Å². The van der Waals surface area contributed by atoms with Crippen molar-refractivity contribution in [3.05, 3.63) is 30.3 Å². The normalized spacial score (nSPS) is 19.5. The first-order valence-electron chi connectivity index (χ1n) is 5.82. The third-order valence-electron chi connectivity index (χ3n) is 3.01. The minimum atomic E-state index is -3.97. The van der Waals surface area contributed by atoms with Crippen molar-refractivity contribution in [1.29, 1.82) is 0 Å². The number of likely N-dealkylation sites (N-methyl/N-ethyl adjacent to an activating group) is 1. The molecule has 1 atom stereocenters. The first kappa shape index (κ1) is 13.5. The van der Waals surface area contributed by atoms with Gasteiger partial charge in [-0.25, -0.2) is 12.7 Å². The van der Waals surface area contributed by atoms with Crippen LogP contribution < -0.4 is 5.32 Å². The maximum Gasteiger partial charge on any atom is 0.267 e. The number of sulfonamides is 1. The Morgan fingerprint density at radius 1 is 1.32 bits per heavy atom. The standard InChI is InChI=1S/C12H14N2O4S/c1-13-12(16)10-7-8-11(15)14(10)19(17,18)9-5-3-2-4-6-9/h2-6,10H,7-8H2,1H3,(H,13,16)/t10-/m0/s1. The van der Waals surface area contributed by atoms with Gasteiger partial charge in [-0.05, 0) is 18.6 Å². The number of amides is 2. The van der Waals surface area contributed by atoms with Gasteiger partial charge in [0.25, 0.3) is 10.0 Å². The van der Waals surface area contributed by atoms with Crippen LogP contribution in [0.3, 0.4) is 0 Å². The summed E-state index contributed by atoms with van der Waals surface area (Å²) in [6.07, 6.45) is 0.273. The average molecular weight is 282 g/mol. The molecule has 0 saturated carbocycles. The van der Waals surface area contributed by atoms with Gasteiger partial charge in [-0.1, -0.05) is 18.2 Å². The molecule has 19 heavy (non-hydrogen) atoms. The molecule has 0 aliphatic carbocycles. The zero-order valence-electron chi connectivity index (χ0n) is 10.4. The fraction of sp³-hybridized carbons (Fsp3) is 0.333. The van der Waals surface area contributed by atoms with E-state index >= 15 is 0 Å². The molecule has 1 fully saturated rings. The van der Waals surface area contributed by atoms with E-state index in [1.165, 1.54) is 19.2 Å². The molecule has 1 N–H and O–H groups in total. The van der Waals surface area contributed by atoms with Gasteiger partial charge in [0.1, 0.15) is 6.04 Å². The number of benzene rings is 1. The van der Waals surface area contributed by atoms with E-state index in [-0.39, 0.29) is 17.7 Å². The molecule has 1 saturated heterocycles. The molecule has 0 radical (unpaired) electrons. The van der Waals surface area contributed by atoms with Gasteiger partial charge in [0, 0.05) is 13.5 Å². The fourth-order valence-corrected chi connectivity index (χ4v) is 3.70. The zero-order valence-corrected chi connectivity index (χ0v) is 11.2. The Kier molecular flexibility index (Phi) is 3.57. The van der Waals surface area contributed by atoms with Gasteiger partial charge in [-0.3, -0.25) is 9.59 Å². The third kappa shape index (κ3) is 2.33. The Morgan fingerprint density at radius 2 is 1.95 bits per heavy atom. The Bertz CT molecular complexity index is 597. The van der Waals surface area contributed by atoms with E-state index in [0.717, 1.165) is 0 Å². The zero-order chi connectivity index (χ0) is 14.0. The predicted octanol–water partition coefficient (Wildman–Crippen LogP) is 0.112. The summed E-state index contributed by atoms with van der Waals surface area (Å²) in [6, 6.07) is 6.68. The number of nitrogens with zero attached hydrogens (tertiary/aromatic N) is 1. The van der Waals surface area contributed by atoms with Crippen LogP contribution in [0.2, 0.25) is 0 Å². The van der Waals surface area contributed by atoms with Crippen molar-refractivity contribution in [3.63, 3.8) is 0 Å². The number of carbonyl (C=O) groups is 2. The molecular formula is C12H14N2O4S. The molecule has 1 aliphatic rings. The van der Waals surface area contributed by atoms with Crippen LogP contribution in [0.25, 0.3) is 0 Å². The lowest BCUT2D eigenvalue weighted by atomic mass is 10.2. The number of rotatable bonds is 3. The fourth-order valence-electron chi connectivity index (χ4n) is 2.07. The smallest absolute Gasteiger partial charge is 0.267 e. The van der Waals surface area contributed by atoms with E-state index in [2.05, 4.69) is 5.32 Å². The minimum Gasteiger partial charge on any atom is -0.357 e. The van der Waals surface area contributed by atoms with E-state index in [4.69, 9.17) is 0 Å². The third-order valence-corrected chi connectivity index (χ3v) is 4.85. The Hall–Kier alpha value is -1.89. The summed E-state index contributed by atoms with van der Waals surface area (Å²) < 4.78 is 25.5. The lowest BCUT2D eigenvalue weighted by molar-refractivity contribution is -0.130. The summed E-state index contributed by atoms with van der Waals surface area (Å²) in [4.78, 5) is 23.5. The molecule has 6 nitrogen and oxygen atoms in total. The van der Waals surface area contributed by atoms with Crippen LogP contribution >= 0.6 is 0 Å². The number of carbonyl (C=O) groups excluding carboxylic acids is 2. The molecule has 102 valence electrons. The number of hydrogen-bond donors (Lipinski definition) is 1.